The molecule has 1 aliphatic carbocycles. The Kier molecular flexibility index (Phi) is 6.04. The van der Waals surface area contributed by atoms with E-state index in [4.69, 9.17) is 0 Å². The third-order valence-electron chi connectivity index (χ3n) is 4.31. The third kappa shape index (κ3) is 4.11. The monoisotopic (exact) mass is 313 g/mol. The van der Waals surface area contributed by atoms with Crippen LogP contribution in [-0.4, -0.2) is 6.17 Å². The number of hydrogen-bond donors (Lipinski definition) is 0. The fraction of sp³-hybridized carbons (Fsp3) is 0.500. The summed E-state index contributed by atoms with van der Waals surface area (Å²) in [7, 11) is 0. The van der Waals surface area contributed by atoms with Gasteiger partial charge < -0.3 is 0 Å². The van der Waals surface area contributed by atoms with Crippen LogP contribution in [-0.2, 0) is 0 Å². The maximum absolute atomic E-state index is 14.3. The van der Waals surface area contributed by atoms with Crippen molar-refractivity contribution in [2.24, 2.45) is 5.92 Å². The van der Waals surface area contributed by atoms with Crippen LogP contribution in [0.25, 0.3) is 0 Å². The summed E-state index contributed by atoms with van der Waals surface area (Å²) >= 11 is 0. The van der Waals surface area contributed by atoms with Gasteiger partial charge in [-0.05, 0) is 62.6 Å². The van der Waals surface area contributed by atoms with E-state index in [0.717, 1.165) is 37.8 Å². The summed E-state index contributed by atoms with van der Waals surface area (Å²) in [6.45, 7) is 1.97. The number of alkyl halides is 1. The molecular weight excluding hydrogens is 292 g/mol. The van der Waals surface area contributed by atoms with E-state index < -0.39 is 23.6 Å². The van der Waals surface area contributed by atoms with Crippen LogP contribution >= 0.6 is 0 Å². The molecule has 2 atom stereocenters. The van der Waals surface area contributed by atoms with Gasteiger partial charge in [0.1, 0.15) is 6.17 Å². The van der Waals surface area contributed by atoms with Crippen LogP contribution in [0.15, 0.2) is 24.3 Å². The minimum atomic E-state index is -1.50. The van der Waals surface area contributed by atoms with Crippen molar-refractivity contribution in [2.75, 3.05) is 0 Å². The summed E-state index contributed by atoms with van der Waals surface area (Å²) < 4.78 is 53.9. The SMILES string of the molecule is CC=CCCC[C@@H]1CC[C](c2cc(F)c(F)c(F)c2)C(F)C1. The standard InChI is InChI=1S/C18H21F4/c1-2-3-4-5-6-12-7-8-14(15(19)9-12)13-10-16(20)18(22)17(21)11-13/h2-3,10-12,15H,4-9H2,1H3/t12-,15?/m1/s1. The van der Waals surface area contributed by atoms with Crippen LogP contribution in [0, 0.1) is 29.3 Å². The van der Waals surface area contributed by atoms with Gasteiger partial charge in [-0.1, -0.05) is 18.6 Å². The molecule has 1 saturated carbocycles. The van der Waals surface area contributed by atoms with Crippen molar-refractivity contribution in [3.63, 3.8) is 0 Å². The van der Waals surface area contributed by atoms with Gasteiger partial charge in [0.25, 0.3) is 0 Å². The Morgan fingerprint density at radius 2 is 1.86 bits per heavy atom. The van der Waals surface area contributed by atoms with Crippen molar-refractivity contribution in [1.82, 2.24) is 0 Å². The quantitative estimate of drug-likeness (QED) is 0.274. The van der Waals surface area contributed by atoms with Gasteiger partial charge in [0, 0.05) is 5.92 Å². The zero-order valence-electron chi connectivity index (χ0n) is 12.7. The van der Waals surface area contributed by atoms with Crippen molar-refractivity contribution in [2.45, 2.75) is 51.6 Å². The lowest BCUT2D eigenvalue weighted by Crippen LogP contribution is -2.25. The number of unbranched alkanes of at least 4 members (excludes halogenated alkanes) is 1. The molecule has 1 radical (unpaired) electrons. The predicted molar refractivity (Wildman–Crippen MR) is 79.6 cm³/mol. The second-order valence-electron chi connectivity index (χ2n) is 5.89. The van der Waals surface area contributed by atoms with E-state index in [9.17, 15) is 17.6 Å². The topological polar surface area (TPSA) is 0 Å². The summed E-state index contributed by atoms with van der Waals surface area (Å²) in [6.07, 6.45) is 7.54. The fourth-order valence-electron chi connectivity index (χ4n) is 3.09. The van der Waals surface area contributed by atoms with E-state index >= 15 is 0 Å². The van der Waals surface area contributed by atoms with E-state index in [1.165, 1.54) is 0 Å². The summed E-state index contributed by atoms with van der Waals surface area (Å²) in [5.41, 5.74) is 0.149. The van der Waals surface area contributed by atoms with E-state index in [0.29, 0.717) is 24.7 Å². The van der Waals surface area contributed by atoms with Gasteiger partial charge in [-0.15, -0.1) is 0 Å². The Hall–Kier alpha value is -1.32. The zero-order chi connectivity index (χ0) is 16.1. The third-order valence-corrected chi connectivity index (χ3v) is 4.31. The molecule has 1 aliphatic rings. The van der Waals surface area contributed by atoms with Crippen molar-refractivity contribution in [3.8, 4) is 0 Å². The normalized spacial score (nSPS) is 23.3. The molecule has 4 heteroatoms. The molecule has 22 heavy (non-hydrogen) atoms. The number of rotatable bonds is 5. The van der Waals surface area contributed by atoms with Crippen LogP contribution in [0.1, 0.15) is 51.0 Å². The molecule has 0 heterocycles. The van der Waals surface area contributed by atoms with Gasteiger partial charge in [-0.25, -0.2) is 17.6 Å². The molecule has 1 unspecified atom stereocenters. The second-order valence-corrected chi connectivity index (χ2v) is 5.89. The number of hydrogen-bond acceptors (Lipinski definition) is 0. The van der Waals surface area contributed by atoms with Crippen LogP contribution in [0.4, 0.5) is 17.6 Å². The first-order chi connectivity index (χ1) is 10.5. The molecule has 1 fully saturated rings. The van der Waals surface area contributed by atoms with Crippen molar-refractivity contribution < 1.29 is 17.6 Å². The van der Waals surface area contributed by atoms with Crippen LogP contribution < -0.4 is 0 Å². The van der Waals surface area contributed by atoms with Gasteiger partial charge in [0.2, 0.25) is 0 Å². The Morgan fingerprint density at radius 3 is 2.45 bits per heavy atom. The second kappa shape index (κ2) is 7.80. The van der Waals surface area contributed by atoms with Gasteiger partial charge in [0.15, 0.2) is 17.5 Å². The lowest BCUT2D eigenvalue weighted by atomic mass is 9.76. The first kappa shape index (κ1) is 17.0. The molecule has 1 aromatic carbocycles. The molecule has 2 rings (SSSR count). The Labute approximate surface area is 129 Å². The lowest BCUT2D eigenvalue weighted by molar-refractivity contribution is 0.219. The molecular formula is C18H21F4. The lowest BCUT2D eigenvalue weighted by Gasteiger charge is -2.31. The number of allylic oxidation sites excluding steroid dienone is 2. The van der Waals surface area contributed by atoms with E-state index in [1.807, 2.05) is 13.0 Å². The maximum Gasteiger partial charge on any atom is 0.194 e. The highest BCUT2D eigenvalue weighted by Crippen LogP contribution is 2.39. The Balaban J connectivity index is 1.96. The zero-order valence-corrected chi connectivity index (χ0v) is 12.7. The van der Waals surface area contributed by atoms with Crippen LogP contribution in [0.5, 0.6) is 0 Å². The summed E-state index contributed by atoms with van der Waals surface area (Å²) in [6, 6.07) is 1.79. The highest BCUT2D eigenvalue weighted by molar-refractivity contribution is 5.35. The van der Waals surface area contributed by atoms with E-state index in [-0.39, 0.29) is 5.56 Å². The van der Waals surface area contributed by atoms with Crippen molar-refractivity contribution in [3.05, 3.63) is 53.2 Å². The predicted octanol–water partition coefficient (Wildman–Crippen LogP) is 5.91. The van der Waals surface area contributed by atoms with Crippen molar-refractivity contribution in [1.29, 1.82) is 0 Å². The molecule has 0 aliphatic heterocycles. The average Bonchev–Trinajstić information content (AvgIpc) is 2.49. The highest BCUT2D eigenvalue weighted by Gasteiger charge is 2.32. The van der Waals surface area contributed by atoms with Crippen molar-refractivity contribution >= 4 is 0 Å². The molecule has 0 bridgehead atoms. The molecule has 121 valence electrons. The number of benzene rings is 1. The Morgan fingerprint density at radius 1 is 1.18 bits per heavy atom. The van der Waals surface area contributed by atoms with Gasteiger partial charge >= 0.3 is 0 Å². The van der Waals surface area contributed by atoms with Gasteiger partial charge in [0.05, 0.1) is 0 Å². The summed E-state index contributed by atoms with van der Waals surface area (Å²) in [5.74, 6) is -3.33. The molecule has 1 aromatic rings. The van der Waals surface area contributed by atoms with Crippen LogP contribution in [0.3, 0.4) is 0 Å². The molecule has 0 N–H and O–H groups in total. The molecule has 0 saturated heterocycles. The molecule has 0 aromatic heterocycles. The summed E-state index contributed by atoms with van der Waals surface area (Å²) in [5, 5.41) is 0. The van der Waals surface area contributed by atoms with Crippen LogP contribution in [0.2, 0.25) is 0 Å². The number of halogens is 4. The largest absolute Gasteiger partial charge is 0.246 e. The minimum absolute atomic E-state index is 0.149. The fourth-order valence-corrected chi connectivity index (χ4v) is 3.09. The smallest absolute Gasteiger partial charge is 0.194 e. The maximum atomic E-state index is 14.3. The van der Waals surface area contributed by atoms with E-state index in [1.54, 1.807) is 0 Å². The molecule has 0 nitrogen and oxygen atoms in total. The van der Waals surface area contributed by atoms with E-state index in [2.05, 4.69) is 6.08 Å². The molecule has 0 amide bonds. The highest BCUT2D eigenvalue weighted by atomic mass is 19.2. The average molecular weight is 313 g/mol. The Bertz CT molecular complexity index is 501. The van der Waals surface area contributed by atoms with Gasteiger partial charge in [-0.2, -0.15) is 0 Å². The first-order valence-corrected chi connectivity index (χ1v) is 7.78. The van der Waals surface area contributed by atoms with Gasteiger partial charge in [-0.3, -0.25) is 0 Å². The molecule has 0 spiro atoms. The summed E-state index contributed by atoms with van der Waals surface area (Å²) in [4.78, 5) is 0. The first-order valence-electron chi connectivity index (χ1n) is 7.78. The minimum Gasteiger partial charge on any atom is -0.246 e.